The Morgan fingerprint density at radius 2 is 1.77 bits per heavy atom. The van der Waals surface area contributed by atoms with E-state index in [0.717, 1.165) is 0 Å². The Hall–Kier alpha value is 0.500. The van der Waals surface area contributed by atoms with Crippen molar-refractivity contribution in [2.75, 3.05) is 20.8 Å². The van der Waals surface area contributed by atoms with E-state index in [0.29, 0.717) is 12.8 Å². The normalized spacial score (nSPS) is 41.6. The first-order chi connectivity index (χ1) is 10.3. The van der Waals surface area contributed by atoms with Crippen LogP contribution in [-0.2, 0) is 39.8 Å². The highest BCUT2D eigenvalue weighted by molar-refractivity contribution is 8.07. The van der Waals surface area contributed by atoms with Gasteiger partial charge >= 0.3 is 6.72 Å². The van der Waals surface area contributed by atoms with Crippen LogP contribution in [-0.4, -0.2) is 78.0 Å². The Morgan fingerprint density at radius 3 is 2.41 bits per heavy atom. The molecule has 2 fully saturated rings. The van der Waals surface area contributed by atoms with Gasteiger partial charge in [0.1, 0.15) is 27.9 Å². The monoisotopic (exact) mass is 348 g/mol. The summed E-state index contributed by atoms with van der Waals surface area (Å²) in [4.78, 5) is 10.3. The summed E-state index contributed by atoms with van der Waals surface area (Å²) in [6.45, 7) is -3.30. The molecule has 122 valence electrons. The maximum absolute atomic E-state index is 10.3. The van der Waals surface area contributed by atoms with Gasteiger partial charge in [-0.15, -0.1) is 0 Å². The maximum atomic E-state index is 10.3. The molecule has 2 rings (SSSR count). The van der Waals surface area contributed by atoms with Gasteiger partial charge in [0.2, 0.25) is 0 Å². The van der Waals surface area contributed by atoms with Gasteiger partial charge in [0.05, 0.1) is 12.7 Å². The summed E-state index contributed by atoms with van der Waals surface area (Å²) < 4.78 is 31.9. The lowest BCUT2D eigenvalue weighted by atomic mass is 9.96. The third kappa shape index (κ3) is 5.00. The van der Waals surface area contributed by atoms with Gasteiger partial charge in [0.15, 0.2) is 6.29 Å². The molecule has 7 atom stereocenters. The molecule has 0 spiro atoms. The highest BCUT2D eigenvalue weighted by Crippen LogP contribution is 2.50. The molecule has 0 amide bonds. The van der Waals surface area contributed by atoms with Crippen LogP contribution in [0.1, 0.15) is 12.8 Å². The van der Waals surface area contributed by atoms with Crippen LogP contribution in [0.25, 0.3) is 0 Å². The summed E-state index contributed by atoms with van der Waals surface area (Å²) in [6.07, 6.45) is -1.38. The van der Waals surface area contributed by atoms with Crippen LogP contribution < -0.4 is 0 Å². The van der Waals surface area contributed by atoms with E-state index in [1.165, 1.54) is 14.2 Å². The van der Waals surface area contributed by atoms with Crippen molar-refractivity contribution in [2.45, 2.75) is 49.5 Å². The molecule has 4 radical (unpaired) electrons. The van der Waals surface area contributed by atoms with Crippen molar-refractivity contribution in [3.05, 3.63) is 0 Å². The maximum Gasteiger partial charge on any atom is 0.327 e. The molecule has 0 aliphatic carbocycles. The largest absolute Gasteiger partial charge is 0.382 e. The molecule has 2 heterocycles. The highest BCUT2D eigenvalue weighted by Gasteiger charge is 2.41. The van der Waals surface area contributed by atoms with Gasteiger partial charge in [-0.3, -0.25) is 4.52 Å². The van der Waals surface area contributed by atoms with E-state index in [1.54, 1.807) is 0 Å². The fraction of sp³-hybridized carbons (Fsp3) is 1.00. The second kappa shape index (κ2) is 8.05. The van der Waals surface area contributed by atoms with Crippen molar-refractivity contribution in [3.63, 3.8) is 0 Å². The first-order valence-corrected chi connectivity index (χ1v) is 9.47. The minimum atomic E-state index is -3.57. The van der Waals surface area contributed by atoms with E-state index < -0.39 is 43.3 Å². The Labute approximate surface area is 138 Å². The summed E-state index contributed by atoms with van der Waals surface area (Å²) in [6, 6.07) is -1.03. The average molecular weight is 348 g/mol. The fourth-order valence-electron chi connectivity index (χ4n) is 2.45. The molecule has 1 N–H and O–H groups in total. The van der Waals surface area contributed by atoms with Crippen molar-refractivity contribution in [3.8, 4) is 0 Å². The summed E-state index contributed by atoms with van der Waals surface area (Å²) in [5.41, 5.74) is 0. The molecule has 22 heavy (non-hydrogen) atoms. The third-order valence-electron chi connectivity index (χ3n) is 3.45. The molecule has 0 aromatic rings. The van der Waals surface area contributed by atoms with Crippen molar-refractivity contribution in [1.82, 2.24) is 0 Å². The molecule has 0 aromatic heterocycles. The first kappa shape index (κ1) is 18.8. The van der Waals surface area contributed by atoms with Gasteiger partial charge in [0, 0.05) is 26.2 Å². The van der Waals surface area contributed by atoms with Gasteiger partial charge in [-0.25, -0.2) is 0 Å². The highest BCUT2D eigenvalue weighted by atomic mass is 32.5. The third-order valence-corrected chi connectivity index (χ3v) is 4.97. The number of hydrogen-bond donors (Lipinski definition) is 1. The molecule has 0 aromatic carbocycles. The number of methoxy groups -OCH3 is 2. The summed E-state index contributed by atoms with van der Waals surface area (Å²) in [5.74, 6) is 0. The quantitative estimate of drug-likeness (QED) is 0.501. The zero-order valence-electron chi connectivity index (χ0n) is 12.5. The lowest BCUT2D eigenvalue weighted by Crippen LogP contribution is -2.30. The standard InChI is InChI=1S/C11H19B2O7PS/c1-15-5-8-6(3-9(12)17-8)19-21(14,22)20-11-7(16-2)4-10(13)18-11/h6-11H,3-5H2,1-2H3,(H,14,22)/t6?,7?,8-,9-,10-,11-,21?/m1/s1. The number of hydrogen-bond acceptors (Lipinski definition) is 7. The lowest BCUT2D eigenvalue weighted by Gasteiger charge is -2.27. The van der Waals surface area contributed by atoms with Gasteiger partial charge < -0.3 is 28.4 Å². The summed E-state index contributed by atoms with van der Waals surface area (Å²) in [7, 11) is 14.4. The van der Waals surface area contributed by atoms with E-state index in [4.69, 9.17) is 55.5 Å². The van der Waals surface area contributed by atoms with Gasteiger partial charge in [-0.05, 0) is 24.6 Å². The fourth-order valence-corrected chi connectivity index (χ4v) is 4.10. The van der Waals surface area contributed by atoms with E-state index >= 15 is 0 Å². The molecule has 11 heteroatoms. The number of ether oxygens (including phenoxy) is 4. The second-order valence-electron chi connectivity index (χ2n) is 5.17. The Bertz CT molecular complexity index is 418. The smallest absolute Gasteiger partial charge is 0.327 e. The van der Waals surface area contributed by atoms with E-state index in [2.05, 4.69) is 0 Å². The zero-order valence-corrected chi connectivity index (χ0v) is 14.2. The van der Waals surface area contributed by atoms with E-state index in [9.17, 15) is 4.89 Å². The molecular weight excluding hydrogens is 329 g/mol. The van der Waals surface area contributed by atoms with Crippen molar-refractivity contribution in [2.24, 2.45) is 0 Å². The van der Waals surface area contributed by atoms with Crippen LogP contribution in [0.3, 0.4) is 0 Å². The Morgan fingerprint density at radius 1 is 1.14 bits per heavy atom. The Balaban J connectivity index is 1.94. The molecule has 0 saturated carbocycles. The predicted octanol–water partition coefficient (Wildman–Crippen LogP) is -0.209. The number of rotatable bonds is 7. The minimum Gasteiger partial charge on any atom is -0.382 e. The molecule has 2 saturated heterocycles. The van der Waals surface area contributed by atoms with Crippen molar-refractivity contribution in [1.29, 1.82) is 0 Å². The van der Waals surface area contributed by atoms with Crippen LogP contribution in [0, 0.1) is 0 Å². The molecule has 3 unspecified atom stereocenters. The average Bonchev–Trinajstić information content (AvgIpc) is 2.92. The van der Waals surface area contributed by atoms with E-state index in [1.807, 2.05) is 0 Å². The van der Waals surface area contributed by atoms with E-state index in [-0.39, 0.29) is 6.61 Å². The minimum absolute atomic E-state index is 0.277. The summed E-state index contributed by atoms with van der Waals surface area (Å²) in [5, 5.41) is 0. The molecule has 7 nitrogen and oxygen atoms in total. The van der Waals surface area contributed by atoms with Gasteiger partial charge in [-0.1, -0.05) is 0 Å². The van der Waals surface area contributed by atoms with Gasteiger partial charge in [-0.2, -0.15) is 0 Å². The Kier molecular flexibility index (Phi) is 6.89. The molecular formula is C11H19B2O7PS. The predicted molar refractivity (Wildman–Crippen MR) is 83.2 cm³/mol. The summed E-state index contributed by atoms with van der Waals surface area (Å²) >= 11 is 5.04. The van der Waals surface area contributed by atoms with Gasteiger partial charge in [0.25, 0.3) is 0 Å². The van der Waals surface area contributed by atoms with Crippen molar-refractivity contribution < 1.29 is 32.9 Å². The molecule has 2 aliphatic rings. The lowest BCUT2D eigenvalue weighted by molar-refractivity contribution is -0.116. The van der Waals surface area contributed by atoms with Crippen LogP contribution >= 0.6 is 6.72 Å². The first-order valence-electron chi connectivity index (χ1n) is 6.88. The van der Waals surface area contributed by atoms with Crippen LogP contribution in [0.4, 0.5) is 0 Å². The zero-order chi connectivity index (χ0) is 16.3. The van der Waals surface area contributed by atoms with Crippen molar-refractivity contribution >= 4 is 34.2 Å². The SMILES string of the molecule is [B][C@H]1CC(OC)[C@@H](OP(O)(=S)OC2C[C@H]([B])O[C@@H]2COC)O1. The van der Waals surface area contributed by atoms with Crippen LogP contribution in [0.15, 0.2) is 0 Å². The molecule has 0 bridgehead atoms. The topological polar surface area (TPSA) is 75.6 Å². The second-order valence-corrected chi connectivity index (χ2v) is 7.92. The van der Waals surface area contributed by atoms with Crippen LogP contribution in [0.5, 0.6) is 0 Å². The molecule has 2 aliphatic heterocycles. The van der Waals surface area contributed by atoms with Crippen LogP contribution in [0.2, 0.25) is 0 Å².